The van der Waals surface area contributed by atoms with Crippen molar-refractivity contribution in [1.29, 1.82) is 0 Å². The average Bonchev–Trinajstić information content (AvgIpc) is 3.03. The zero-order valence-electron chi connectivity index (χ0n) is 11.6. The van der Waals surface area contributed by atoms with E-state index in [0.717, 1.165) is 5.92 Å². The summed E-state index contributed by atoms with van der Waals surface area (Å²) in [7, 11) is 0. The van der Waals surface area contributed by atoms with Crippen molar-refractivity contribution in [3.8, 4) is 0 Å². The van der Waals surface area contributed by atoms with Crippen molar-refractivity contribution in [3.63, 3.8) is 0 Å². The quantitative estimate of drug-likeness (QED) is 0.810. The van der Waals surface area contributed by atoms with Gasteiger partial charge in [-0.3, -0.25) is 4.90 Å². The summed E-state index contributed by atoms with van der Waals surface area (Å²) in [6.07, 6.45) is 9.94. The van der Waals surface area contributed by atoms with Crippen LogP contribution in [0.15, 0.2) is 0 Å². The van der Waals surface area contributed by atoms with Crippen molar-refractivity contribution in [2.75, 3.05) is 19.6 Å². The van der Waals surface area contributed by atoms with Gasteiger partial charge in [0.25, 0.3) is 0 Å². The Morgan fingerprint density at radius 3 is 2.53 bits per heavy atom. The van der Waals surface area contributed by atoms with Crippen molar-refractivity contribution < 1.29 is 0 Å². The summed E-state index contributed by atoms with van der Waals surface area (Å²) >= 11 is 0. The third-order valence-corrected chi connectivity index (χ3v) is 5.60. The molecule has 1 spiro atoms. The zero-order chi connectivity index (χ0) is 11.9. The second-order valence-corrected chi connectivity index (χ2v) is 7.02. The summed E-state index contributed by atoms with van der Waals surface area (Å²) in [5.41, 5.74) is 0.903. The van der Waals surface area contributed by atoms with Crippen LogP contribution in [0.4, 0.5) is 0 Å². The maximum Gasteiger partial charge on any atom is 0.0309 e. The summed E-state index contributed by atoms with van der Waals surface area (Å²) in [4.78, 5) is 2.84. The molecule has 1 aliphatic heterocycles. The van der Waals surface area contributed by atoms with E-state index in [1.54, 1.807) is 0 Å². The van der Waals surface area contributed by atoms with Gasteiger partial charge in [0.2, 0.25) is 0 Å². The van der Waals surface area contributed by atoms with E-state index in [0.29, 0.717) is 11.1 Å². The predicted molar refractivity (Wildman–Crippen MR) is 72.2 cm³/mol. The highest BCUT2D eigenvalue weighted by Gasteiger charge is 2.46. The van der Waals surface area contributed by atoms with Crippen molar-refractivity contribution in [2.45, 2.75) is 69.9 Å². The van der Waals surface area contributed by atoms with Crippen LogP contribution in [0.5, 0.6) is 0 Å². The summed E-state index contributed by atoms with van der Waals surface area (Å²) in [6.45, 7) is 8.70. The molecular formula is C15H28N2. The summed E-state index contributed by atoms with van der Waals surface area (Å²) in [5, 5.41) is 3.92. The number of rotatable bonds is 3. The number of hydrogen-bond donors (Lipinski definition) is 1. The highest BCUT2D eigenvalue weighted by molar-refractivity contribution is 5.05. The van der Waals surface area contributed by atoms with Crippen molar-refractivity contribution in [2.24, 2.45) is 5.92 Å². The Balaban J connectivity index is 1.72. The third kappa shape index (κ3) is 2.26. The highest BCUT2D eigenvalue weighted by atomic mass is 15.3. The smallest absolute Gasteiger partial charge is 0.0309 e. The average molecular weight is 236 g/mol. The second-order valence-electron chi connectivity index (χ2n) is 7.02. The monoisotopic (exact) mass is 236 g/mol. The van der Waals surface area contributed by atoms with Crippen LogP contribution in [0.1, 0.15) is 58.8 Å². The Morgan fingerprint density at radius 1 is 1.24 bits per heavy atom. The topological polar surface area (TPSA) is 15.3 Å². The Morgan fingerprint density at radius 2 is 1.94 bits per heavy atom. The molecule has 1 saturated heterocycles. The van der Waals surface area contributed by atoms with E-state index in [4.69, 9.17) is 0 Å². The molecule has 3 rings (SSSR count). The fraction of sp³-hybridized carbons (Fsp3) is 1.00. The van der Waals surface area contributed by atoms with Gasteiger partial charge in [0.15, 0.2) is 0 Å². The fourth-order valence-electron chi connectivity index (χ4n) is 3.73. The maximum atomic E-state index is 3.92. The lowest BCUT2D eigenvalue weighted by molar-refractivity contribution is 0.0109. The van der Waals surface area contributed by atoms with Crippen molar-refractivity contribution >= 4 is 0 Å². The molecule has 0 bridgehead atoms. The van der Waals surface area contributed by atoms with E-state index in [1.165, 1.54) is 64.6 Å². The molecule has 2 saturated carbocycles. The van der Waals surface area contributed by atoms with E-state index in [9.17, 15) is 0 Å². The molecule has 2 aliphatic carbocycles. The first kappa shape index (κ1) is 12.0. The summed E-state index contributed by atoms with van der Waals surface area (Å²) in [6, 6.07) is 0. The van der Waals surface area contributed by atoms with Crippen LogP contribution in [-0.2, 0) is 0 Å². The maximum absolute atomic E-state index is 3.92. The van der Waals surface area contributed by atoms with Gasteiger partial charge in [0, 0.05) is 30.7 Å². The van der Waals surface area contributed by atoms with Crippen LogP contribution in [0.25, 0.3) is 0 Å². The van der Waals surface area contributed by atoms with Crippen LogP contribution < -0.4 is 5.32 Å². The normalized spacial score (nSPS) is 37.8. The largest absolute Gasteiger partial charge is 0.308 e. The van der Waals surface area contributed by atoms with Crippen LogP contribution in [0.2, 0.25) is 0 Å². The van der Waals surface area contributed by atoms with Gasteiger partial charge in [0.05, 0.1) is 0 Å². The minimum atomic E-state index is 0.413. The Labute approximate surface area is 106 Å². The van der Waals surface area contributed by atoms with Gasteiger partial charge >= 0.3 is 0 Å². The van der Waals surface area contributed by atoms with Gasteiger partial charge in [-0.15, -0.1) is 0 Å². The Hall–Kier alpha value is -0.0800. The van der Waals surface area contributed by atoms with Crippen molar-refractivity contribution in [1.82, 2.24) is 10.2 Å². The number of nitrogens with zero attached hydrogens (tertiary/aromatic N) is 1. The van der Waals surface area contributed by atoms with Crippen LogP contribution in [0.3, 0.4) is 0 Å². The molecule has 98 valence electrons. The van der Waals surface area contributed by atoms with Gasteiger partial charge < -0.3 is 5.32 Å². The molecular weight excluding hydrogens is 208 g/mol. The molecule has 0 aromatic carbocycles. The van der Waals surface area contributed by atoms with E-state index in [1.807, 2.05) is 0 Å². The SMILES string of the molecule is CCC1(C)CNC2(CCCC2)CN1CC1CC1. The molecule has 1 unspecified atom stereocenters. The van der Waals surface area contributed by atoms with Gasteiger partial charge in [-0.05, 0) is 44.9 Å². The Kier molecular flexibility index (Phi) is 2.99. The van der Waals surface area contributed by atoms with Gasteiger partial charge in [-0.25, -0.2) is 0 Å². The number of piperazine rings is 1. The van der Waals surface area contributed by atoms with Crippen LogP contribution in [0, 0.1) is 5.92 Å². The minimum Gasteiger partial charge on any atom is -0.308 e. The molecule has 0 aromatic heterocycles. The Bertz CT molecular complexity index is 279. The van der Waals surface area contributed by atoms with Gasteiger partial charge in [-0.2, -0.15) is 0 Å². The minimum absolute atomic E-state index is 0.413. The molecule has 2 nitrogen and oxygen atoms in total. The fourth-order valence-corrected chi connectivity index (χ4v) is 3.73. The molecule has 17 heavy (non-hydrogen) atoms. The first-order valence-corrected chi connectivity index (χ1v) is 7.66. The number of nitrogens with one attached hydrogen (secondary N) is 1. The molecule has 0 amide bonds. The second kappa shape index (κ2) is 4.24. The third-order valence-electron chi connectivity index (χ3n) is 5.60. The lowest BCUT2D eigenvalue weighted by Crippen LogP contribution is -2.68. The predicted octanol–water partition coefficient (Wildman–Crippen LogP) is 2.78. The first-order chi connectivity index (χ1) is 8.16. The van der Waals surface area contributed by atoms with Gasteiger partial charge in [-0.1, -0.05) is 19.8 Å². The van der Waals surface area contributed by atoms with Gasteiger partial charge in [0.1, 0.15) is 0 Å². The first-order valence-electron chi connectivity index (χ1n) is 7.66. The molecule has 3 aliphatic rings. The van der Waals surface area contributed by atoms with Crippen molar-refractivity contribution in [3.05, 3.63) is 0 Å². The molecule has 0 aromatic rings. The molecule has 3 fully saturated rings. The molecule has 1 N–H and O–H groups in total. The van der Waals surface area contributed by atoms with E-state index < -0.39 is 0 Å². The van der Waals surface area contributed by atoms with E-state index >= 15 is 0 Å². The lowest BCUT2D eigenvalue weighted by Gasteiger charge is -2.52. The number of hydrogen-bond acceptors (Lipinski definition) is 2. The summed E-state index contributed by atoms with van der Waals surface area (Å²) in [5.74, 6) is 1.03. The summed E-state index contributed by atoms with van der Waals surface area (Å²) < 4.78 is 0. The lowest BCUT2D eigenvalue weighted by atomic mass is 9.85. The van der Waals surface area contributed by atoms with E-state index in [-0.39, 0.29) is 0 Å². The van der Waals surface area contributed by atoms with E-state index in [2.05, 4.69) is 24.1 Å². The highest BCUT2D eigenvalue weighted by Crippen LogP contribution is 2.39. The molecule has 1 heterocycles. The van der Waals surface area contributed by atoms with Crippen LogP contribution in [-0.4, -0.2) is 35.6 Å². The molecule has 2 heteroatoms. The van der Waals surface area contributed by atoms with Crippen LogP contribution >= 0.6 is 0 Å². The standard InChI is InChI=1S/C15H28N2/c1-3-14(2)11-16-15(8-4-5-9-15)12-17(14)10-13-6-7-13/h13,16H,3-12H2,1-2H3. The molecule has 0 radical (unpaired) electrons. The molecule has 1 atom stereocenters. The zero-order valence-corrected chi connectivity index (χ0v) is 11.6.